The number of aliphatic hydroxyl groups excluding tert-OH is 1. The third-order valence-electron chi connectivity index (χ3n) is 14.1. The SMILES string of the molecule is CCOC(=O)/C(O)=C1\CC2C[C@@H](C1=O)C2(C)C.CCOC(=O)c1c2c(nn1C)C1CC(C2)C1(C)C.CCOC(=O)c1nn(C)c2c1CC1CC2C1(C)C. The fourth-order valence-electron chi connectivity index (χ4n) is 10.2. The van der Waals surface area contributed by atoms with Crippen molar-refractivity contribution >= 4 is 23.7 Å². The van der Waals surface area contributed by atoms with Crippen LogP contribution in [0.15, 0.2) is 11.3 Å². The van der Waals surface area contributed by atoms with E-state index in [1.807, 2.05) is 32.6 Å². The first-order chi connectivity index (χ1) is 24.8. The molecule has 290 valence electrons. The van der Waals surface area contributed by atoms with Gasteiger partial charge in [-0.05, 0) is 93.3 Å². The van der Waals surface area contributed by atoms with Gasteiger partial charge < -0.3 is 19.3 Å². The second-order valence-corrected chi connectivity index (χ2v) is 17.6. The van der Waals surface area contributed by atoms with Gasteiger partial charge in [-0.25, -0.2) is 14.4 Å². The smallest absolute Gasteiger partial charge is 0.373 e. The van der Waals surface area contributed by atoms with Gasteiger partial charge in [-0.2, -0.15) is 10.2 Å². The number of carbonyl (C=O) groups is 4. The lowest BCUT2D eigenvalue weighted by atomic mass is 9.47. The van der Waals surface area contributed by atoms with Gasteiger partial charge in [-0.15, -0.1) is 0 Å². The Bertz CT molecular complexity index is 1860. The predicted molar refractivity (Wildman–Crippen MR) is 196 cm³/mol. The summed E-state index contributed by atoms with van der Waals surface area (Å²) < 4.78 is 18.5. The molecular weight excluding hydrogens is 676 g/mol. The molecule has 2 aromatic heterocycles. The number of esters is 3. The molecule has 12 nitrogen and oxygen atoms in total. The van der Waals surface area contributed by atoms with E-state index in [2.05, 4.69) is 51.7 Å². The second-order valence-electron chi connectivity index (χ2n) is 17.6. The molecule has 5 saturated carbocycles. The molecule has 9 aliphatic carbocycles. The van der Waals surface area contributed by atoms with Crippen molar-refractivity contribution < 1.29 is 38.5 Å². The zero-order valence-electron chi connectivity index (χ0n) is 33.4. The zero-order chi connectivity index (χ0) is 38.9. The van der Waals surface area contributed by atoms with Gasteiger partial charge in [0.1, 0.15) is 5.69 Å². The Morgan fingerprint density at radius 1 is 0.698 bits per heavy atom. The number of Topliss-reactive ketones (excluding diaryl/α,β-unsaturated/α-hetero) is 1. The van der Waals surface area contributed by atoms with E-state index in [0.717, 1.165) is 36.1 Å². The third-order valence-corrected chi connectivity index (χ3v) is 14.1. The van der Waals surface area contributed by atoms with Crippen molar-refractivity contribution in [3.63, 3.8) is 0 Å². The molecule has 1 N–H and O–H groups in total. The number of nitrogens with zero attached hydrogens (tertiary/aromatic N) is 4. The molecule has 6 atom stereocenters. The highest BCUT2D eigenvalue weighted by Crippen LogP contribution is 2.63. The highest BCUT2D eigenvalue weighted by molar-refractivity contribution is 6.05. The largest absolute Gasteiger partial charge is 0.502 e. The molecule has 0 aromatic carbocycles. The summed E-state index contributed by atoms with van der Waals surface area (Å²) in [5.74, 6) is 0.929. The second kappa shape index (κ2) is 13.7. The Hall–Kier alpha value is -3.96. The molecule has 2 heterocycles. The number of aryl methyl sites for hydroxylation is 2. The number of aromatic nitrogens is 4. The minimum atomic E-state index is -0.782. The normalized spacial score (nSPS) is 29.1. The Morgan fingerprint density at radius 3 is 1.75 bits per heavy atom. The molecule has 2 aromatic rings. The number of hydrogen-bond acceptors (Lipinski definition) is 10. The van der Waals surface area contributed by atoms with Crippen LogP contribution in [0.5, 0.6) is 0 Å². The van der Waals surface area contributed by atoms with Crippen LogP contribution < -0.4 is 0 Å². The number of carbonyl (C=O) groups excluding carboxylic acids is 4. The molecule has 5 unspecified atom stereocenters. The first-order valence-electron chi connectivity index (χ1n) is 19.4. The number of ketones is 1. The molecule has 0 radical (unpaired) electrons. The molecular formula is C41H58N4O8. The number of fused-ring (bicyclic) bond motifs is 2. The fraction of sp³-hybridized carbons (Fsp3) is 0.707. The van der Waals surface area contributed by atoms with Gasteiger partial charge >= 0.3 is 17.9 Å². The summed E-state index contributed by atoms with van der Waals surface area (Å²) in [6, 6.07) is 0. The van der Waals surface area contributed by atoms with E-state index in [4.69, 9.17) is 14.2 Å². The van der Waals surface area contributed by atoms with E-state index in [-0.39, 0.29) is 41.2 Å². The Labute approximate surface area is 313 Å². The Morgan fingerprint density at radius 2 is 1.21 bits per heavy atom. The summed E-state index contributed by atoms with van der Waals surface area (Å²) >= 11 is 0. The van der Waals surface area contributed by atoms with Crippen LogP contribution in [-0.4, -0.2) is 68.2 Å². The molecule has 6 bridgehead atoms. The number of hydrogen-bond donors (Lipinski definition) is 1. The van der Waals surface area contributed by atoms with Gasteiger partial charge in [-0.1, -0.05) is 41.5 Å². The maximum Gasteiger partial charge on any atom is 0.373 e. The number of rotatable bonds is 6. The van der Waals surface area contributed by atoms with Gasteiger partial charge in [0.25, 0.3) is 0 Å². The Balaban J connectivity index is 0.000000136. The van der Waals surface area contributed by atoms with E-state index in [1.165, 1.54) is 18.5 Å². The predicted octanol–water partition coefficient (Wildman–Crippen LogP) is 6.56. The van der Waals surface area contributed by atoms with E-state index < -0.39 is 11.7 Å². The van der Waals surface area contributed by atoms with Crippen LogP contribution in [0.3, 0.4) is 0 Å². The van der Waals surface area contributed by atoms with Crippen LogP contribution in [0, 0.1) is 39.9 Å². The average Bonchev–Trinajstić information content (AvgIpc) is 3.64. The lowest BCUT2D eigenvalue weighted by Crippen LogP contribution is -2.54. The number of aliphatic hydroxyl groups is 1. The fourth-order valence-corrected chi connectivity index (χ4v) is 10.2. The van der Waals surface area contributed by atoms with Gasteiger partial charge in [-0.3, -0.25) is 14.2 Å². The maximum absolute atomic E-state index is 12.1. The summed E-state index contributed by atoms with van der Waals surface area (Å²) in [7, 11) is 3.78. The number of allylic oxidation sites excluding steroid dienone is 1. The van der Waals surface area contributed by atoms with Crippen LogP contribution in [0.4, 0.5) is 0 Å². The van der Waals surface area contributed by atoms with Crippen molar-refractivity contribution in [2.45, 2.75) is 113 Å². The lowest BCUT2D eigenvalue weighted by Gasteiger charge is -2.56. The lowest BCUT2D eigenvalue weighted by molar-refractivity contribution is -0.146. The minimum absolute atomic E-state index is 0.00945. The van der Waals surface area contributed by atoms with Crippen molar-refractivity contribution in [2.24, 2.45) is 54.0 Å². The van der Waals surface area contributed by atoms with Crippen LogP contribution in [0.1, 0.15) is 143 Å². The molecule has 9 aliphatic rings. The highest BCUT2D eigenvalue weighted by Gasteiger charge is 2.58. The van der Waals surface area contributed by atoms with Crippen molar-refractivity contribution in [3.8, 4) is 0 Å². The molecule has 5 fully saturated rings. The van der Waals surface area contributed by atoms with Crippen molar-refractivity contribution in [1.29, 1.82) is 0 Å². The van der Waals surface area contributed by atoms with E-state index in [1.54, 1.807) is 11.6 Å². The standard InChI is InChI=1S/2C14H20N2O2.C13H18O4/c1-5-18-13(17)11-9-6-8-7-10(14(8,2)3)12(9)16(4)15-11;1-5-18-13(17)12-9-6-8-7-10(14(8,2)3)11(9)15-16(12)4;1-4-17-12(16)11(15)8-5-7-6-9(10(8)14)13(7,2)3/h2*8,10H,5-7H2,1-4H3;7,9,15H,4-6H2,1-3H3/b;;11-8-/t;;7?,9-/m..0/s1. The van der Waals surface area contributed by atoms with Crippen molar-refractivity contribution in [3.05, 3.63) is 45.2 Å². The van der Waals surface area contributed by atoms with Gasteiger partial charge in [0.15, 0.2) is 11.5 Å². The van der Waals surface area contributed by atoms with Crippen molar-refractivity contribution in [2.75, 3.05) is 19.8 Å². The van der Waals surface area contributed by atoms with Crippen LogP contribution in [-0.2, 0) is 50.7 Å². The molecule has 11 rings (SSSR count). The minimum Gasteiger partial charge on any atom is -0.502 e. The Kier molecular flexibility index (Phi) is 10.0. The van der Waals surface area contributed by atoms with Crippen molar-refractivity contribution in [1.82, 2.24) is 19.6 Å². The summed E-state index contributed by atoms with van der Waals surface area (Å²) in [6.07, 6.45) is 5.78. The highest BCUT2D eigenvalue weighted by atomic mass is 16.5. The van der Waals surface area contributed by atoms with E-state index >= 15 is 0 Å². The van der Waals surface area contributed by atoms with E-state index in [9.17, 15) is 24.3 Å². The summed E-state index contributed by atoms with van der Waals surface area (Å²) in [6.45, 7) is 19.8. The van der Waals surface area contributed by atoms with Crippen LogP contribution in [0.2, 0.25) is 0 Å². The molecule has 0 spiro atoms. The van der Waals surface area contributed by atoms with Gasteiger partial charge in [0.2, 0.25) is 5.76 Å². The quantitative estimate of drug-likeness (QED) is 0.150. The molecule has 0 aliphatic heterocycles. The molecule has 53 heavy (non-hydrogen) atoms. The maximum atomic E-state index is 12.1. The summed E-state index contributed by atoms with van der Waals surface area (Å²) in [5, 5.41) is 18.7. The first kappa shape index (κ1) is 38.8. The summed E-state index contributed by atoms with van der Waals surface area (Å²) in [5.41, 5.74) is 6.84. The van der Waals surface area contributed by atoms with Crippen LogP contribution in [0.25, 0.3) is 0 Å². The first-order valence-corrected chi connectivity index (χ1v) is 19.4. The topological polar surface area (TPSA) is 152 Å². The molecule has 12 heteroatoms. The van der Waals surface area contributed by atoms with Gasteiger partial charge in [0.05, 0.1) is 25.5 Å². The molecule has 0 saturated heterocycles. The zero-order valence-corrected chi connectivity index (χ0v) is 33.4. The third kappa shape index (κ3) is 6.12. The average molecular weight is 735 g/mol. The number of ether oxygens (including phenoxy) is 3. The molecule has 0 amide bonds. The monoisotopic (exact) mass is 734 g/mol. The van der Waals surface area contributed by atoms with Crippen LogP contribution >= 0.6 is 0 Å². The summed E-state index contributed by atoms with van der Waals surface area (Å²) in [4.78, 5) is 47.4. The van der Waals surface area contributed by atoms with Gasteiger partial charge in [0, 0.05) is 54.2 Å². The van der Waals surface area contributed by atoms with E-state index in [0.29, 0.717) is 71.4 Å².